The Balaban J connectivity index is 1.90. The molecule has 0 aliphatic carbocycles. The van der Waals surface area contributed by atoms with Crippen LogP contribution in [-0.2, 0) is 0 Å². The van der Waals surface area contributed by atoms with Crippen LogP contribution >= 0.6 is 0 Å². The van der Waals surface area contributed by atoms with Crippen LogP contribution in [0.3, 0.4) is 0 Å². The van der Waals surface area contributed by atoms with Crippen molar-refractivity contribution in [1.82, 2.24) is 19.9 Å². The Labute approximate surface area is 163 Å². The van der Waals surface area contributed by atoms with Gasteiger partial charge in [0.05, 0.1) is 0 Å². The van der Waals surface area contributed by atoms with Crippen molar-refractivity contribution in [2.24, 2.45) is 0 Å². The van der Waals surface area contributed by atoms with E-state index in [1.54, 1.807) is 0 Å². The van der Waals surface area contributed by atoms with E-state index < -0.39 is 0 Å². The molecule has 0 spiro atoms. The molecule has 1 aliphatic heterocycles. The van der Waals surface area contributed by atoms with Gasteiger partial charge in [0.2, 0.25) is 0 Å². The summed E-state index contributed by atoms with van der Waals surface area (Å²) in [5.74, 6) is 0. The van der Waals surface area contributed by atoms with E-state index in [0.717, 1.165) is 38.5 Å². The van der Waals surface area contributed by atoms with Crippen LogP contribution < -0.4 is 21.4 Å². The second-order valence-corrected chi connectivity index (χ2v) is 7.66. The number of aromatic amines is 4. The van der Waals surface area contributed by atoms with E-state index in [1.807, 2.05) is 0 Å². The van der Waals surface area contributed by atoms with Crippen LogP contribution in [0.15, 0.2) is 48.7 Å². The maximum absolute atomic E-state index is 3.59. The molecule has 4 nitrogen and oxygen atoms in total. The fourth-order valence-electron chi connectivity index (χ4n) is 3.92. The third kappa shape index (κ3) is 2.53. The minimum atomic E-state index is 1.13. The van der Waals surface area contributed by atoms with E-state index in [4.69, 9.17) is 0 Å². The van der Waals surface area contributed by atoms with Crippen LogP contribution in [0.5, 0.6) is 0 Å². The molecule has 4 N–H and O–H groups in total. The van der Waals surface area contributed by atoms with Gasteiger partial charge in [-0.3, -0.25) is 0 Å². The van der Waals surface area contributed by atoms with E-state index in [-0.39, 0.29) is 0 Å². The number of rotatable bonds is 0. The first-order chi connectivity index (χ1) is 13.5. The molecule has 0 saturated heterocycles. The summed E-state index contributed by atoms with van der Waals surface area (Å²) in [6.07, 6.45) is 2.08. The van der Waals surface area contributed by atoms with Crippen molar-refractivity contribution in [3.8, 4) is 0 Å². The van der Waals surface area contributed by atoms with Crippen molar-refractivity contribution in [3.05, 3.63) is 92.7 Å². The second kappa shape index (κ2) is 6.06. The summed E-state index contributed by atoms with van der Waals surface area (Å²) in [5, 5.41) is 4.53. The van der Waals surface area contributed by atoms with Crippen molar-refractivity contribution in [1.29, 1.82) is 0 Å². The lowest BCUT2D eigenvalue weighted by Crippen LogP contribution is -2.15. The van der Waals surface area contributed by atoms with Gasteiger partial charge in [0.1, 0.15) is 0 Å². The lowest BCUT2D eigenvalue weighted by atomic mass is 10.1. The SMILES string of the molecule is CC1=c2ccc([nH]2)=C(C)c2ccc([nH]2)C(C)=c2ccc([nH]2)=C(C)c2cc1c[nH]2. The molecule has 28 heavy (non-hydrogen) atoms. The number of hydrogen-bond acceptors (Lipinski definition) is 0. The first kappa shape index (κ1) is 16.8. The van der Waals surface area contributed by atoms with Gasteiger partial charge in [-0.05, 0) is 98.0 Å². The highest BCUT2D eigenvalue weighted by Gasteiger charge is 2.08. The van der Waals surface area contributed by atoms with Crippen molar-refractivity contribution in [3.63, 3.8) is 0 Å². The fraction of sp³-hybridized carbons (Fsp3) is 0.167. The predicted molar refractivity (Wildman–Crippen MR) is 114 cm³/mol. The molecule has 0 unspecified atom stereocenters. The van der Waals surface area contributed by atoms with Crippen LogP contribution in [-0.4, -0.2) is 19.9 Å². The second-order valence-electron chi connectivity index (χ2n) is 7.66. The molecule has 8 bridgehead atoms. The molecular formula is C24H24N4. The van der Waals surface area contributed by atoms with E-state index in [1.165, 1.54) is 27.9 Å². The Morgan fingerprint density at radius 1 is 0.500 bits per heavy atom. The predicted octanol–water partition coefficient (Wildman–Crippen LogP) is 2.19. The third-order valence-electron chi connectivity index (χ3n) is 6.00. The topological polar surface area (TPSA) is 63.2 Å². The van der Waals surface area contributed by atoms with Gasteiger partial charge in [0.15, 0.2) is 0 Å². The van der Waals surface area contributed by atoms with Crippen LogP contribution in [0.1, 0.15) is 50.3 Å². The van der Waals surface area contributed by atoms with Crippen LogP contribution in [0, 0.1) is 0 Å². The lowest BCUT2D eigenvalue weighted by Gasteiger charge is -2.00. The van der Waals surface area contributed by atoms with Crippen molar-refractivity contribution < 1.29 is 0 Å². The molecule has 0 aromatic carbocycles. The Morgan fingerprint density at radius 3 is 1.50 bits per heavy atom. The van der Waals surface area contributed by atoms with Crippen LogP contribution in [0.25, 0.3) is 22.3 Å². The molecule has 0 saturated carbocycles. The monoisotopic (exact) mass is 368 g/mol. The molecular weight excluding hydrogens is 344 g/mol. The van der Waals surface area contributed by atoms with Crippen LogP contribution in [0.2, 0.25) is 0 Å². The van der Waals surface area contributed by atoms with Gasteiger partial charge in [0, 0.05) is 44.7 Å². The Hall–Kier alpha value is -3.40. The molecule has 5 rings (SSSR count). The zero-order valence-electron chi connectivity index (χ0n) is 16.6. The summed E-state index contributed by atoms with van der Waals surface area (Å²) in [6.45, 7) is 8.61. The standard InChI is InChI=1S/C24H24N4/c1-13-17-11-24(25-12-17)16(4)23-10-9-22(28-23)15(3)21-8-7-20(27-21)14(2)19-6-5-18(13)26-19/h5-12,25-28H,1-4H3. The fourth-order valence-corrected chi connectivity index (χ4v) is 3.92. The van der Waals surface area contributed by atoms with Gasteiger partial charge in [-0.2, -0.15) is 0 Å². The first-order valence-corrected chi connectivity index (χ1v) is 9.64. The number of fused-ring (bicyclic) bond motifs is 8. The summed E-state index contributed by atoms with van der Waals surface area (Å²) in [4.78, 5) is 14.2. The quantitative estimate of drug-likeness (QED) is 0.368. The summed E-state index contributed by atoms with van der Waals surface area (Å²) < 4.78 is 0. The molecule has 4 heteroatoms. The zero-order chi connectivity index (χ0) is 19.4. The molecule has 0 atom stereocenters. The van der Waals surface area contributed by atoms with Crippen molar-refractivity contribution >= 4 is 22.3 Å². The molecule has 140 valence electrons. The molecule has 5 heterocycles. The number of hydrogen-bond donors (Lipinski definition) is 4. The number of nitrogens with one attached hydrogen (secondary N) is 4. The summed E-state index contributed by atoms with van der Waals surface area (Å²) >= 11 is 0. The summed E-state index contributed by atoms with van der Waals surface area (Å²) in [6, 6.07) is 15.2. The van der Waals surface area contributed by atoms with Gasteiger partial charge in [-0.1, -0.05) is 0 Å². The van der Waals surface area contributed by atoms with Gasteiger partial charge in [0.25, 0.3) is 0 Å². The van der Waals surface area contributed by atoms with Gasteiger partial charge < -0.3 is 19.9 Å². The first-order valence-electron chi connectivity index (χ1n) is 9.64. The molecule has 0 radical (unpaired) electrons. The zero-order valence-corrected chi connectivity index (χ0v) is 16.6. The van der Waals surface area contributed by atoms with Gasteiger partial charge >= 0.3 is 0 Å². The highest BCUT2D eigenvalue weighted by Crippen LogP contribution is 2.17. The van der Waals surface area contributed by atoms with E-state index in [9.17, 15) is 0 Å². The molecule has 0 fully saturated rings. The minimum Gasteiger partial charge on any atom is -0.361 e. The maximum atomic E-state index is 3.59. The molecule has 4 aromatic rings. The maximum Gasteiger partial charge on any atom is 0.0437 e. The third-order valence-corrected chi connectivity index (χ3v) is 6.00. The Bertz CT molecular complexity index is 1230. The lowest BCUT2D eigenvalue weighted by molar-refractivity contribution is 1.19. The summed E-state index contributed by atoms with van der Waals surface area (Å²) in [7, 11) is 0. The summed E-state index contributed by atoms with van der Waals surface area (Å²) in [5.41, 5.74) is 9.42. The van der Waals surface area contributed by atoms with Crippen LogP contribution in [0.4, 0.5) is 0 Å². The molecule has 0 amide bonds. The normalized spacial score (nSPS) is 14.1. The van der Waals surface area contributed by atoms with E-state index in [0.29, 0.717) is 0 Å². The van der Waals surface area contributed by atoms with Gasteiger partial charge in [-0.25, -0.2) is 0 Å². The van der Waals surface area contributed by atoms with Gasteiger partial charge in [-0.15, -0.1) is 0 Å². The van der Waals surface area contributed by atoms with Crippen molar-refractivity contribution in [2.45, 2.75) is 27.7 Å². The largest absolute Gasteiger partial charge is 0.361 e. The molecule has 4 aromatic heterocycles. The van der Waals surface area contributed by atoms with E-state index in [2.05, 4.69) is 96.3 Å². The van der Waals surface area contributed by atoms with Crippen molar-refractivity contribution in [2.75, 3.05) is 0 Å². The Morgan fingerprint density at radius 2 is 0.964 bits per heavy atom. The highest BCUT2D eigenvalue weighted by molar-refractivity contribution is 5.70. The number of H-pyrrole nitrogens is 4. The molecule has 1 aliphatic rings. The average molecular weight is 368 g/mol. The number of aromatic nitrogens is 4. The Kier molecular flexibility index (Phi) is 3.63. The minimum absolute atomic E-state index is 1.13. The van der Waals surface area contributed by atoms with E-state index >= 15 is 0 Å². The highest BCUT2D eigenvalue weighted by atomic mass is 14.8. The average Bonchev–Trinajstić information content (AvgIpc) is 3.49. The smallest absolute Gasteiger partial charge is 0.0437 e.